The second-order valence-corrected chi connectivity index (χ2v) is 9.58. The number of nitrogens with zero attached hydrogens (tertiary/aromatic N) is 3. The molecule has 7 nitrogen and oxygen atoms in total. The molecule has 8 heteroatoms. The van der Waals surface area contributed by atoms with Gasteiger partial charge in [0.2, 0.25) is 0 Å². The number of benzene rings is 1. The number of anilines is 1. The third kappa shape index (κ3) is 6.26. The number of Topliss-reactive ketones (excluding diaryl/α,β-unsaturated/α-hetero) is 1. The third-order valence-electron chi connectivity index (χ3n) is 6.82. The van der Waals surface area contributed by atoms with Crippen molar-refractivity contribution in [3.05, 3.63) is 39.6 Å². The number of halogens is 1. The molecule has 1 aromatic rings. The normalized spacial score (nSPS) is 17.7. The number of allylic oxidation sites excluding steroid dienone is 1. The fourth-order valence-corrected chi connectivity index (χ4v) is 5.14. The van der Waals surface area contributed by atoms with Gasteiger partial charge in [0.15, 0.2) is 5.78 Å². The van der Waals surface area contributed by atoms with Gasteiger partial charge in [0, 0.05) is 85.6 Å². The number of piperidine rings is 1. The predicted octanol–water partition coefficient (Wildman–Crippen LogP) is 4.02. The Morgan fingerprint density at radius 3 is 2.59 bits per heavy atom. The topological polar surface area (TPSA) is 74.2 Å². The van der Waals surface area contributed by atoms with Crippen molar-refractivity contribution in [3.8, 4) is 0 Å². The average molecular weight is 489 g/mol. The highest BCUT2D eigenvalue weighted by Crippen LogP contribution is 2.32. The Balaban J connectivity index is 1.75. The molecule has 0 spiro atoms. The number of hydrogen-bond acceptors (Lipinski definition) is 6. The Morgan fingerprint density at radius 2 is 1.97 bits per heavy atom. The van der Waals surface area contributed by atoms with Gasteiger partial charge in [-0.05, 0) is 58.2 Å². The van der Waals surface area contributed by atoms with Gasteiger partial charge in [0.1, 0.15) is 0 Å². The summed E-state index contributed by atoms with van der Waals surface area (Å²) in [6.45, 7) is 12.5. The molecule has 0 bridgehead atoms. The van der Waals surface area contributed by atoms with E-state index in [9.17, 15) is 9.59 Å². The number of carbonyl (C=O) groups is 2. The molecule has 0 aromatic heterocycles. The summed E-state index contributed by atoms with van der Waals surface area (Å²) in [5.41, 5.74) is 4.48. The second kappa shape index (κ2) is 12.0. The van der Waals surface area contributed by atoms with Crippen molar-refractivity contribution in [2.45, 2.75) is 53.0 Å². The van der Waals surface area contributed by atoms with Crippen LogP contribution in [0.1, 0.15) is 56.0 Å². The second-order valence-electron chi connectivity index (χ2n) is 9.14. The third-order valence-corrected chi connectivity index (χ3v) is 7.04. The summed E-state index contributed by atoms with van der Waals surface area (Å²) >= 11 is 6.49. The van der Waals surface area contributed by atoms with Gasteiger partial charge in [0.25, 0.3) is 5.91 Å². The molecule has 34 heavy (non-hydrogen) atoms. The number of rotatable bonds is 9. The van der Waals surface area contributed by atoms with E-state index in [2.05, 4.69) is 27.0 Å². The van der Waals surface area contributed by atoms with Crippen molar-refractivity contribution >= 4 is 34.7 Å². The molecular weight excluding hydrogens is 452 g/mol. The monoisotopic (exact) mass is 488 g/mol. The highest BCUT2D eigenvalue weighted by Gasteiger charge is 2.27. The van der Waals surface area contributed by atoms with Crippen LogP contribution in [0.3, 0.4) is 0 Å². The zero-order valence-electron chi connectivity index (χ0n) is 21.0. The molecule has 1 saturated heterocycles. The Bertz CT molecular complexity index is 981. The predicted molar refractivity (Wildman–Crippen MR) is 138 cm³/mol. The van der Waals surface area contributed by atoms with E-state index in [1.165, 1.54) is 0 Å². The Kier molecular flexibility index (Phi) is 9.28. The summed E-state index contributed by atoms with van der Waals surface area (Å²) in [4.78, 5) is 34.8. The van der Waals surface area contributed by atoms with Crippen LogP contribution in [0.2, 0.25) is 5.02 Å². The quantitative estimate of drug-likeness (QED) is 0.568. The van der Waals surface area contributed by atoms with Crippen LogP contribution >= 0.6 is 11.6 Å². The molecule has 0 saturated carbocycles. The maximum atomic E-state index is 13.1. The van der Waals surface area contributed by atoms with Gasteiger partial charge in [-0.3, -0.25) is 14.6 Å². The smallest absolute Gasteiger partial charge is 0.251 e. The molecule has 0 radical (unpaired) electrons. The molecule has 2 aliphatic rings. The van der Waals surface area contributed by atoms with E-state index in [4.69, 9.17) is 16.3 Å². The number of aliphatic imine (C=N–C) groups is 1. The van der Waals surface area contributed by atoms with Crippen LogP contribution in [0.25, 0.3) is 0 Å². The first kappa shape index (κ1) is 26.4. The van der Waals surface area contributed by atoms with E-state index in [0.29, 0.717) is 34.3 Å². The van der Waals surface area contributed by atoms with Gasteiger partial charge in [-0.15, -0.1) is 0 Å². The largest absolute Gasteiger partial charge is 0.383 e. The van der Waals surface area contributed by atoms with Crippen molar-refractivity contribution in [2.75, 3.05) is 51.3 Å². The van der Waals surface area contributed by atoms with E-state index in [1.54, 1.807) is 13.2 Å². The lowest BCUT2D eigenvalue weighted by Crippen LogP contribution is -2.46. The van der Waals surface area contributed by atoms with E-state index >= 15 is 0 Å². The average Bonchev–Trinajstić information content (AvgIpc) is 2.80. The van der Waals surface area contributed by atoms with Gasteiger partial charge >= 0.3 is 0 Å². The summed E-state index contributed by atoms with van der Waals surface area (Å²) in [5.74, 6) is -0.214. The number of ether oxygens (including phenoxy) is 1. The number of carbonyl (C=O) groups excluding carboxylic acids is 2. The van der Waals surface area contributed by atoms with Crippen LogP contribution in [-0.4, -0.2) is 74.8 Å². The van der Waals surface area contributed by atoms with Gasteiger partial charge < -0.3 is 19.9 Å². The SMILES string of the molecule is CCN(c1cc(Cl)cc(C(=O)NCC2=C(C)N=C(C)CC2=O)c1C)C1CCN(CCOC)CC1. The molecule has 0 atom stereocenters. The van der Waals surface area contributed by atoms with E-state index in [1.807, 2.05) is 26.8 Å². The summed E-state index contributed by atoms with van der Waals surface area (Å²) in [7, 11) is 1.74. The van der Waals surface area contributed by atoms with Crippen LogP contribution in [0.5, 0.6) is 0 Å². The zero-order valence-corrected chi connectivity index (χ0v) is 21.8. The minimum absolute atomic E-state index is 0.0165. The van der Waals surface area contributed by atoms with Gasteiger partial charge in [-0.2, -0.15) is 0 Å². The van der Waals surface area contributed by atoms with Gasteiger partial charge in [0.05, 0.1) is 6.61 Å². The number of hydrogen-bond donors (Lipinski definition) is 1. The molecular formula is C26H37ClN4O3. The van der Waals surface area contributed by atoms with Crippen molar-refractivity contribution in [3.63, 3.8) is 0 Å². The zero-order chi connectivity index (χ0) is 24.8. The summed E-state index contributed by atoms with van der Waals surface area (Å²) in [5, 5.41) is 3.45. The lowest BCUT2D eigenvalue weighted by Gasteiger charge is -2.40. The van der Waals surface area contributed by atoms with E-state index in [-0.39, 0.29) is 18.2 Å². The summed E-state index contributed by atoms with van der Waals surface area (Å²) in [6, 6.07) is 4.07. The van der Waals surface area contributed by atoms with Crippen molar-refractivity contribution in [2.24, 2.45) is 4.99 Å². The molecule has 0 aliphatic carbocycles. The first-order chi connectivity index (χ1) is 16.2. The summed E-state index contributed by atoms with van der Waals surface area (Å²) in [6.07, 6.45) is 2.42. The van der Waals surface area contributed by atoms with E-state index < -0.39 is 0 Å². The molecule has 0 unspecified atom stereocenters. The Hall–Kier alpha value is -2.22. The van der Waals surface area contributed by atoms with Crippen molar-refractivity contribution in [1.29, 1.82) is 0 Å². The fraction of sp³-hybridized carbons (Fsp3) is 0.577. The molecule has 2 heterocycles. The van der Waals surface area contributed by atoms with Crippen LogP contribution in [0.15, 0.2) is 28.4 Å². The first-order valence-corrected chi connectivity index (χ1v) is 12.5. The van der Waals surface area contributed by atoms with Crippen LogP contribution < -0.4 is 10.2 Å². The van der Waals surface area contributed by atoms with Gasteiger partial charge in [-0.25, -0.2) is 0 Å². The highest BCUT2D eigenvalue weighted by molar-refractivity contribution is 6.31. The maximum Gasteiger partial charge on any atom is 0.251 e. The molecule has 186 valence electrons. The lowest BCUT2D eigenvalue weighted by atomic mass is 9.98. The van der Waals surface area contributed by atoms with Gasteiger partial charge in [-0.1, -0.05) is 11.6 Å². The Labute approximate surface area is 208 Å². The molecule has 1 aromatic carbocycles. The molecule has 1 N–H and O–H groups in total. The minimum Gasteiger partial charge on any atom is -0.383 e. The van der Waals surface area contributed by atoms with Crippen LogP contribution in [-0.2, 0) is 9.53 Å². The van der Waals surface area contributed by atoms with E-state index in [0.717, 1.165) is 62.6 Å². The molecule has 1 amide bonds. The number of likely N-dealkylation sites (tertiary alicyclic amines) is 1. The van der Waals surface area contributed by atoms with Crippen LogP contribution in [0, 0.1) is 6.92 Å². The molecule has 1 fully saturated rings. The molecule has 2 aliphatic heterocycles. The fourth-order valence-electron chi connectivity index (χ4n) is 4.92. The number of methoxy groups -OCH3 is 1. The molecule has 3 rings (SSSR count). The Morgan fingerprint density at radius 1 is 1.26 bits per heavy atom. The minimum atomic E-state index is -0.230. The van der Waals surface area contributed by atoms with Crippen LogP contribution in [0.4, 0.5) is 5.69 Å². The highest BCUT2D eigenvalue weighted by atomic mass is 35.5. The standard InChI is InChI=1S/C26H37ClN4O3/c1-6-31(21-7-9-30(10-8-21)11-12-34-5)24-15-20(27)14-22(18(24)3)26(33)28-16-23-19(4)29-17(2)13-25(23)32/h14-15,21H,6-13,16H2,1-5H3,(H,28,33). The lowest BCUT2D eigenvalue weighted by molar-refractivity contribution is -0.114. The van der Waals surface area contributed by atoms with Crippen molar-refractivity contribution < 1.29 is 14.3 Å². The summed E-state index contributed by atoms with van der Waals surface area (Å²) < 4.78 is 5.22. The number of ketones is 1. The number of nitrogens with one attached hydrogen (secondary N) is 1. The first-order valence-electron chi connectivity index (χ1n) is 12.1. The maximum absolute atomic E-state index is 13.1. The number of amides is 1. The van der Waals surface area contributed by atoms with Crippen molar-refractivity contribution in [1.82, 2.24) is 10.2 Å².